The van der Waals surface area contributed by atoms with Crippen molar-refractivity contribution in [2.45, 2.75) is 10.6 Å². The van der Waals surface area contributed by atoms with Gasteiger partial charge in [0.2, 0.25) is 0 Å². The molecule has 0 saturated heterocycles. The molecule has 0 unspecified atom stereocenters. The molecule has 0 amide bonds. The molecule has 2 aromatic rings. The van der Waals surface area contributed by atoms with Gasteiger partial charge in [0.15, 0.2) is 0 Å². The van der Waals surface area contributed by atoms with Crippen molar-refractivity contribution in [3.05, 3.63) is 62.6 Å². The van der Waals surface area contributed by atoms with Crippen LogP contribution in [0.25, 0.3) is 0 Å². The van der Waals surface area contributed by atoms with Crippen molar-refractivity contribution in [1.29, 1.82) is 0 Å². The van der Waals surface area contributed by atoms with Crippen LogP contribution in [0.2, 0.25) is 15.1 Å². The van der Waals surface area contributed by atoms with Crippen LogP contribution >= 0.6 is 46.6 Å². The van der Waals surface area contributed by atoms with Crippen LogP contribution in [0.3, 0.4) is 0 Å². The third-order valence-electron chi connectivity index (χ3n) is 3.27. The van der Waals surface area contributed by atoms with Crippen molar-refractivity contribution in [1.82, 2.24) is 5.32 Å². The van der Waals surface area contributed by atoms with Crippen molar-refractivity contribution in [2.75, 3.05) is 13.1 Å². The summed E-state index contributed by atoms with van der Waals surface area (Å²) < 4.78 is 0. The zero-order valence-corrected chi connectivity index (χ0v) is 14.7. The largest absolute Gasteiger partial charge is 0.368 e. The smallest absolute Gasteiger partial charge is 0.129 e. The lowest BCUT2D eigenvalue weighted by Crippen LogP contribution is -2.20. The van der Waals surface area contributed by atoms with Gasteiger partial charge in [0, 0.05) is 37.8 Å². The number of nitrogens with zero attached hydrogens (tertiary/aromatic N) is 1. The van der Waals surface area contributed by atoms with E-state index in [9.17, 15) is 0 Å². The Bertz CT molecular complexity index is 731. The molecule has 0 radical (unpaired) electrons. The Morgan fingerprint density at radius 3 is 2.55 bits per heavy atom. The molecule has 0 fully saturated rings. The normalized spacial score (nSPS) is 13.9. The number of hydrogen-bond donors (Lipinski definition) is 1. The molecule has 3 rings (SSSR count). The van der Waals surface area contributed by atoms with E-state index in [1.165, 1.54) is 0 Å². The summed E-state index contributed by atoms with van der Waals surface area (Å²) in [5.41, 5.74) is 2.10. The summed E-state index contributed by atoms with van der Waals surface area (Å²) in [6.45, 7) is 1.67. The first-order valence-corrected chi connectivity index (χ1v) is 8.90. The van der Waals surface area contributed by atoms with Crippen LogP contribution in [0.15, 0.2) is 46.3 Å². The highest BCUT2D eigenvalue weighted by Crippen LogP contribution is 2.32. The van der Waals surface area contributed by atoms with Gasteiger partial charge in [0.1, 0.15) is 5.84 Å². The van der Waals surface area contributed by atoms with Gasteiger partial charge in [0.05, 0.1) is 6.54 Å². The minimum absolute atomic E-state index is 0.649. The first-order valence-electron chi connectivity index (χ1n) is 6.78. The molecule has 6 heteroatoms. The third kappa shape index (κ3) is 3.72. The average Bonchev–Trinajstić information content (AvgIpc) is 3.01. The van der Waals surface area contributed by atoms with Crippen molar-refractivity contribution in [3.63, 3.8) is 0 Å². The highest BCUT2D eigenvalue weighted by Gasteiger charge is 2.14. The summed E-state index contributed by atoms with van der Waals surface area (Å²) >= 11 is 20.0. The van der Waals surface area contributed by atoms with Gasteiger partial charge in [0.25, 0.3) is 0 Å². The van der Waals surface area contributed by atoms with E-state index in [1.807, 2.05) is 30.3 Å². The van der Waals surface area contributed by atoms with Crippen molar-refractivity contribution in [2.24, 2.45) is 4.99 Å². The van der Waals surface area contributed by atoms with Crippen LogP contribution in [-0.4, -0.2) is 18.9 Å². The highest BCUT2D eigenvalue weighted by molar-refractivity contribution is 7.98. The van der Waals surface area contributed by atoms with Crippen LogP contribution in [0, 0.1) is 0 Å². The summed E-state index contributed by atoms with van der Waals surface area (Å²) in [6, 6.07) is 11.4. The Morgan fingerprint density at radius 2 is 1.82 bits per heavy atom. The quantitative estimate of drug-likeness (QED) is 0.739. The van der Waals surface area contributed by atoms with Crippen molar-refractivity contribution >= 4 is 52.4 Å². The van der Waals surface area contributed by atoms with Gasteiger partial charge in [-0.3, -0.25) is 4.99 Å². The highest BCUT2D eigenvalue weighted by atomic mass is 35.5. The number of benzene rings is 2. The molecule has 0 aromatic heterocycles. The van der Waals surface area contributed by atoms with Gasteiger partial charge in [-0.2, -0.15) is 0 Å². The van der Waals surface area contributed by atoms with Crippen LogP contribution in [0.5, 0.6) is 0 Å². The number of aliphatic imine (C=N–C) groups is 1. The van der Waals surface area contributed by atoms with Gasteiger partial charge in [-0.05, 0) is 35.9 Å². The lowest BCUT2D eigenvalue weighted by atomic mass is 10.2. The molecule has 1 aliphatic rings. The van der Waals surface area contributed by atoms with Crippen LogP contribution in [-0.2, 0) is 5.75 Å². The Kier molecular flexibility index (Phi) is 5.19. The minimum atomic E-state index is 0.649. The SMILES string of the molecule is Clc1ccc(CSc2ccc(Cl)cc2C2=NCCN2)c(Cl)c1. The fourth-order valence-corrected chi connectivity index (χ4v) is 3.95. The Hall–Kier alpha value is -0.870. The first kappa shape index (κ1) is 16.0. The van der Waals surface area contributed by atoms with Gasteiger partial charge in [-0.1, -0.05) is 40.9 Å². The van der Waals surface area contributed by atoms with E-state index >= 15 is 0 Å². The summed E-state index contributed by atoms with van der Waals surface area (Å²) in [4.78, 5) is 5.61. The first-order chi connectivity index (χ1) is 10.6. The second-order valence-corrected chi connectivity index (χ2v) is 7.12. The van der Waals surface area contributed by atoms with Crippen LogP contribution < -0.4 is 5.32 Å². The molecule has 2 nitrogen and oxygen atoms in total. The van der Waals surface area contributed by atoms with E-state index in [0.717, 1.165) is 40.7 Å². The molecule has 22 heavy (non-hydrogen) atoms. The number of nitrogens with one attached hydrogen (secondary N) is 1. The molecule has 2 aromatic carbocycles. The molecule has 0 saturated carbocycles. The average molecular weight is 372 g/mol. The molecular weight excluding hydrogens is 359 g/mol. The zero-order valence-electron chi connectivity index (χ0n) is 11.6. The molecule has 0 spiro atoms. The lowest BCUT2D eigenvalue weighted by Gasteiger charge is -2.11. The number of rotatable bonds is 4. The fourth-order valence-electron chi connectivity index (χ4n) is 2.19. The molecule has 0 atom stereocenters. The maximum absolute atomic E-state index is 6.23. The van der Waals surface area contributed by atoms with Crippen molar-refractivity contribution in [3.8, 4) is 0 Å². The number of thioether (sulfide) groups is 1. The maximum atomic E-state index is 6.23. The number of hydrogen-bond acceptors (Lipinski definition) is 3. The topological polar surface area (TPSA) is 24.4 Å². The van der Waals surface area contributed by atoms with E-state index in [-0.39, 0.29) is 0 Å². The summed E-state index contributed by atoms with van der Waals surface area (Å²) in [6.07, 6.45) is 0. The van der Waals surface area contributed by atoms with Gasteiger partial charge in [-0.15, -0.1) is 11.8 Å². The molecule has 1 aliphatic heterocycles. The molecule has 1 N–H and O–H groups in total. The maximum Gasteiger partial charge on any atom is 0.129 e. The van der Waals surface area contributed by atoms with E-state index in [0.29, 0.717) is 15.1 Å². The predicted molar refractivity (Wildman–Crippen MR) is 96.9 cm³/mol. The summed E-state index contributed by atoms with van der Waals surface area (Å²) in [5, 5.41) is 5.34. The standard InChI is InChI=1S/C16H13Cl3N2S/c17-11-3-4-15(13(7-11)16-20-5-6-21-16)22-9-10-1-2-12(18)8-14(10)19/h1-4,7-8H,5-6,9H2,(H,20,21). The van der Waals surface area contributed by atoms with Crippen LogP contribution in [0.1, 0.15) is 11.1 Å². The fraction of sp³-hybridized carbons (Fsp3) is 0.188. The monoisotopic (exact) mass is 370 g/mol. The Labute approximate surface area is 148 Å². The zero-order chi connectivity index (χ0) is 15.5. The second kappa shape index (κ2) is 7.14. The summed E-state index contributed by atoms with van der Waals surface area (Å²) in [7, 11) is 0. The van der Waals surface area contributed by atoms with E-state index in [4.69, 9.17) is 34.8 Å². The predicted octanol–water partition coefficient (Wildman–Crippen LogP) is 5.29. The van der Waals surface area contributed by atoms with E-state index in [2.05, 4.69) is 10.3 Å². The lowest BCUT2D eigenvalue weighted by molar-refractivity contribution is 0.959. The Balaban J connectivity index is 1.83. The van der Waals surface area contributed by atoms with E-state index in [1.54, 1.807) is 17.8 Å². The third-order valence-corrected chi connectivity index (χ3v) is 5.21. The minimum Gasteiger partial charge on any atom is -0.368 e. The van der Waals surface area contributed by atoms with Gasteiger partial charge >= 0.3 is 0 Å². The molecular formula is C16H13Cl3N2S. The van der Waals surface area contributed by atoms with Gasteiger partial charge < -0.3 is 5.32 Å². The van der Waals surface area contributed by atoms with Crippen LogP contribution in [0.4, 0.5) is 0 Å². The van der Waals surface area contributed by atoms with Crippen molar-refractivity contribution < 1.29 is 0 Å². The molecule has 114 valence electrons. The number of amidine groups is 1. The van der Waals surface area contributed by atoms with E-state index < -0.39 is 0 Å². The summed E-state index contributed by atoms with van der Waals surface area (Å²) in [5.74, 6) is 1.67. The number of halogens is 3. The molecule has 0 aliphatic carbocycles. The second-order valence-electron chi connectivity index (χ2n) is 4.82. The van der Waals surface area contributed by atoms with Gasteiger partial charge in [-0.25, -0.2) is 0 Å². The molecule has 0 bridgehead atoms. The Morgan fingerprint density at radius 1 is 1.05 bits per heavy atom. The molecule has 1 heterocycles.